The van der Waals surface area contributed by atoms with E-state index in [1.807, 2.05) is 5.48 Å². The Balaban J connectivity index is 2.39. The van der Waals surface area contributed by atoms with Crippen molar-refractivity contribution in [1.29, 1.82) is 0 Å². The normalized spacial score (nSPS) is 10.3. The minimum atomic E-state index is -0.249. The predicted octanol–water partition coefficient (Wildman–Crippen LogP) is 3.99. The molecule has 0 bridgehead atoms. The number of carbonyl (C=O) groups is 2. The summed E-state index contributed by atoms with van der Waals surface area (Å²) in [6.07, 6.45) is 5.79. The van der Waals surface area contributed by atoms with Gasteiger partial charge in [0, 0.05) is 12.0 Å². The molecule has 20 heavy (non-hydrogen) atoms. The van der Waals surface area contributed by atoms with Crippen LogP contribution in [-0.4, -0.2) is 16.8 Å². The van der Waals surface area contributed by atoms with Gasteiger partial charge in [-0.25, -0.2) is 0 Å². The van der Waals surface area contributed by atoms with E-state index in [2.05, 4.69) is 6.92 Å². The number of unbranched alkanes of at least 4 members (excludes halogenated alkanes) is 4. The minimum absolute atomic E-state index is 0.0285. The average Bonchev–Trinajstić information content (AvgIpc) is 2.46. The van der Waals surface area contributed by atoms with E-state index in [4.69, 9.17) is 5.21 Å². The molecule has 0 unspecified atom stereocenters. The quantitative estimate of drug-likeness (QED) is 0.294. The van der Waals surface area contributed by atoms with Crippen LogP contribution in [0, 0.1) is 0 Å². The molecule has 0 radical (unpaired) electrons. The van der Waals surface area contributed by atoms with Crippen molar-refractivity contribution in [2.75, 3.05) is 5.48 Å². The standard InChI is InChI=1S/C16H23NO3/c1-2-3-4-5-6-9-13(18)12-16(19)14-10-7-8-11-15(14)17-20/h7-8,10-11,17,20H,2-6,9,12H2,1H3. The number of Topliss-reactive ketones (excluding diaryl/α,β-unsaturated/α-hetero) is 2. The van der Waals surface area contributed by atoms with Crippen molar-refractivity contribution in [3.05, 3.63) is 29.8 Å². The van der Waals surface area contributed by atoms with Gasteiger partial charge in [-0.2, -0.15) is 0 Å². The van der Waals surface area contributed by atoms with Gasteiger partial charge in [-0.3, -0.25) is 20.3 Å². The first kappa shape index (κ1) is 16.4. The van der Waals surface area contributed by atoms with Crippen molar-refractivity contribution in [1.82, 2.24) is 0 Å². The Morgan fingerprint density at radius 2 is 1.80 bits per heavy atom. The summed E-state index contributed by atoms with van der Waals surface area (Å²) in [5.74, 6) is -0.278. The zero-order valence-electron chi connectivity index (χ0n) is 12.0. The Hall–Kier alpha value is -1.68. The highest BCUT2D eigenvalue weighted by molar-refractivity contribution is 6.10. The summed E-state index contributed by atoms with van der Waals surface area (Å²) in [4.78, 5) is 23.8. The molecular weight excluding hydrogens is 254 g/mol. The number of para-hydroxylation sites is 1. The molecule has 0 heterocycles. The second-order valence-electron chi connectivity index (χ2n) is 4.96. The number of ketones is 2. The van der Waals surface area contributed by atoms with Crippen LogP contribution in [-0.2, 0) is 4.79 Å². The van der Waals surface area contributed by atoms with Crippen LogP contribution in [0.1, 0.15) is 62.2 Å². The second kappa shape index (κ2) is 9.26. The van der Waals surface area contributed by atoms with E-state index < -0.39 is 0 Å². The van der Waals surface area contributed by atoms with Gasteiger partial charge in [0.15, 0.2) is 5.78 Å². The second-order valence-corrected chi connectivity index (χ2v) is 4.96. The predicted molar refractivity (Wildman–Crippen MR) is 79.2 cm³/mol. The van der Waals surface area contributed by atoms with Crippen LogP contribution in [0.2, 0.25) is 0 Å². The molecule has 2 N–H and O–H groups in total. The number of rotatable bonds is 10. The third kappa shape index (κ3) is 5.53. The first-order chi connectivity index (χ1) is 9.69. The molecule has 0 aliphatic heterocycles. The molecule has 0 aliphatic rings. The number of hydrogen-bond donors (Lipinski definition) is 2. The van der Waals surface area contributed by atoms with Gasteiger partial charge in [0.2, 0.25) is 0 Å². The van der Waals surface area contributed by atoms with Gasteiger partial charge in [0.05, 0.1) is 12.1 Å². The summed E-state index contributed by atoms with van der Waals surface area (Å²) in [7, 11) is 0. The number of benzene rings is 1. The monoisotopic (exact) mass is 277 g/mol. The van der Waals surface area contributed by atoms with Gasteiger partial charge in [-0.1, -0.05) is 44.7 Å². The van der Waals surface area contributed by atoms with Crippen LogP contribution in [0.15, 0.2) is 24.3 Å². The number of nitrogens with one attached hydrogen (secondary N) is 1. The molecule has 0 spiro atoms. The molecule has 0 amide bonds. The highest BCUT2D eigenvalue weighted by Gasteiger charge is 2.14. The van der Waals surface area contributed by atoms with E-state index in [1.54, 1.807) is 24.3 Å². The van der Waals surface area contributed by atoms with Gasteiger partial charge in [0.1, 0.15) is 5.78 Å². The van der Waals surface area contributed by atoms with Gasteiger partial charge in [-0.15, -0.1) is 0 Å². The van der Waals surface area contributed by atoms with Gasteiger partial charge < -0.3 is 0 Å². The average molecular weight is 277 g/mol. The van der Waals surface area contributed by atoms with E-state index >= 15 is 0 Å². The smallest absolute Gasteiger partial charge is 0.172 e. The van der Waals surface area contributed by atoms with Crippen molar-refractivity contribution in [2.45, 2.75) is 51.9 Å². The third-order valence-electron chi connectivity index (χ3n) is 3.26. The van der Waals surface area contributed by atoms with E-state index in [9.17, 15) is 9.59 Å². The van der Waals surface area contributed by atoms with E-state index in [0.29, 0.717) is 17.7 Å². The molecule has 0 aliphatic carbocycles. The van der Waals surface area contributed by atoms with Crippen molar-refractivity contribution in [3.63, 3.8) is 0 Å². The topological polar surface area (TPSA) is 66.4 Å². The number of anilines is 1. The third-order valence-corrected chi connectivity index (χ3v) is 3.26. The molecule has 1 rings (SSSR count). The van der Waals surface area contributed by atoms with Crippen molar-refractivity contribution < 1.29 is 14.8 Å². The lowest BCUT2D eigenvalue weighted by Gasteiger charge is -2.06. The number of carbonyl (C=O) groups excluding carboxylic acids is 2. The maximum Gasteiger partial charge on any atom is 0.172 e. The Labute approximate surface area is 120 Å². The zero-order chi connectivity index (χ0) is 14.8. The molecule has 0 fully saturated rings. The highest BCUT2D eigenvalue weighted by atomic mass is 16.5. The first-order valence-corrected chi connectivity index (χ1v) is 7.23. The fourth-order valence-corrected chi connectivity index (χ4v) is 2.11. The molecule has 4 heteroatoms. The maximum absolute atomic E-state index is 12.0. The maximum atomic E-state index is 12.0. The molecule has 0 saturated heterocycles. The molecule has 0 aromatic heterocycles. The van der Waals surface area contributed by atoms with E-state index in [1.165, 1.54) is 12.8 Å². The molecule has 0 saturated carbocycles. The SMILES string of the molecule is CCCCCCCC(=O)CC(=O)c1ccccc1NO. The van der Waals surface area contributed by atoms with E-state index in [-0.39, 0.29) is 18.0 Å². The molecule has 1 aromatic rings. The van der Waals surface area contributed by atoms with Crippen LogP contribution >= 0.6 is 0 Å². The summed E-state index contributed by atoms with van der Waals surface area (Å²) in [6, 6.07) is 6.63. The molecule has 4 nitrogen and oxygen atoms in total. The van der Waals surface area contributed by atoms with Crippen molar-refractivity contribution in [2.24, 2.45) is 0 Å². The summed E-state index contributed by atoms with van der Waals surface area (Å²) < 4.78 is 0. The lowest BCUT2D eigenvalue weighted by molar-refractivity contribution is -0.118. The summed E-state index contributed by atoms with van der Waals surface area (Å²) in [5.41, 5.74) is 2.68. The Morgan fingerprint density at radius 3 is 2.50 bits per heavy atom. The van der Waals surface area contributed by atoms with Crippen LogP contribution in [0.25, 0.3) is 0 Å². The first-order valence-electron chi connectivity index (χ1n) is 7.23. The Morgan fingerprint density at radius 1 is 1.10 bits per heavy atom. The van der Waals surface area contributed by atoms with Gasteiger partial charge in [-0.05, 0) is 18.6 Å². The molecular formula is C16H23NO3. The lowest BCUT2D eigenvalue weighted by atomic mass is 10.0. The van der Waals surface area contributed by atoms with Crippen LogP contribution < -0.4 is 5.48 Å². The van der Waals surface area contributed by atoms with Crippen molar-refractivity contribution >= 4 is 17.3 Å². The summed E-state index contributed by atoms with van der Waals surface area (Å²) in [6.45, 7) is 2.15. The fourth-order valence-electron chi connectivity index (χ4n) is 2.11. The highest BCUT2D eigenvalue weighted by Crippen LogP contribution is 2.17. The molecule has 0 atom stereocenters. The van der Waals surface area contributed by atoms with Crippen LogP contribution in [0.4, 0.5) is 5.69 Å². The number of hydrogen-bond acceptors (Lipinski definition) is 4. The van der Waals surface area contributed by atoms with Crippen LogP contribution in [0.3, 0.4) is 0 Å². The zero-order valence-corrected chi connectivity index (χ0v) is 12.0. The van der Waals surface area contributed by atoms with Gasteiger partial charge in [0.25, 0.3) is 0 Å². The Bertz CT molecular complexity index is 443. The summed E-state index contributed by atoms with van der Waals surface area (Å²) >= 11 is 0. The molecule has 110 valence electrons. The lowest BCUT2D eigenvalue weighted by Crippen LogP contribution is -2.10. The largest absolute Gasteiger partial charge is 0.299 e. The molecule has 1 aromatic carbocycles. The van der Waals surface area contributed by atoms with E-state index in [0.717, 1.165) is 19.3 Å². The van der Waals surface area contributed by atoms with Gasteiger partial charge >= 0.3 is 0 Å². The van der Waals surface area contributed by atoms with Crippen molar-refractivity contribution in [3.8, 4) is 0 Å². The summed E-state index contributed by atoms with van der Waals surface area (Å²) in [5, 5.41) is 8.94. The fraction of sp³-hybridized carbons (Fsp3) is 0.500. The minimum Gasteiger partial charge on any atom is -0.299 e. The Kier molecular flexibility index (Phi) is 7.58. The van der Waals surface area contributed by atoms with Crippen LogP contribution in [0.5, 0.6) is 0 Å².